The molecule has 0 bridgehead atoms. The molecule has 0 aliphatic heterocycles. The van der Waals surface area contributed by atoms with E-state index in [0.29, 0.717) is 21.2 Å². The largest absolute Gasteiger partial charge is 0.478 e. The third kappa shape index (κ3) is 4.84. The summed E-state index contributed by atoms with van der Waals surface area (Å²) in [6, 6.07) is 17.0. The lowest BCUT2D eigenvalue weighted by Crippen LogP contribution is -2.16. The lowest BCUT2D eigenvalue weighted by Gasteiger charge is -2.19. The minimum absolute atomic E-state index is 0.0312. The van der Waals surface area contributed by atoms with Crippen LogP contribution < -0.4 is 5.32 Å². The van der Waals surface area contributed by atoms with Crippen LogP contribution >= 0.6 is 23.2 Å². The first-order valence-electron chi connectivity index (χ1n) is 9.31. The maximum absolute atomic E-state index is 12.7. The number of hydrogen-bond acceptors (Lipinski definition) is 2. The van der Waals surface area contributed by atoms with E-state index in [1.807, 2.05) is 12.1 Å². The van der Waals surface area contributed by atoms with Gasteiger partial charge in [-0.3, -0.25) is 4.79 Å². The van der Waals surface area contributed by atoms with E-state index in [2.05, 4.69) is 26.1 Å². The number of carbonyl (C=O) groups excluding carboxylic acids is 1. The molecule has 0 atom stereocenters. The zero-order valence-corrected chi connectivity index (χ0v) is 18.3. The van der Waals surface area contributed by atoms with Gasteiger partial charge in [-0.1, -0.05) is 68.2 Å². The molecule has 0 spiro atoms. The topological polar surface area (TPSA) is 66.4 Å². The Morgan fingerprint density at radius 3 is 2.03 bits per heavy atom. The number of carbonyl (C=O) groups is 2. The molecule has 0 heterocycles. The second kappa shape index (κ2) is 8.50. The maximum atomic E-state index is 12.7. The molecule has 2 N–H and O–H groups in total. The van der Waals surface area contributed by atoms with E-state index in [-0.39, 0.29) is 16.7 Å². The Labute approximate surface area is 185 Å². The van der Waals surface area contributed by atoms with E-state index in [1.54, 1.807) is 36.4 Å². The lowest BCUT2D eigenvalue weighted by atomic mass is 9.86. The first-order valence-corrected chi connectivity index (χ1v) is 10.1. The summed E-state index contributed by atoms with van der Waals surface area (Å²) >= 11 is 12.3. The fourth-order valence-corrected chi connectivity index (χ4v) is 3.42. The van der Waals surface area contributed by atoms with Gasteiger partial charge in [0.15, 0.2) is 0 Å². The van der Waals surface area contributed by atoms with Crippen LogP contribution in [0.15, 0.2) is 60.7 Å². The number of aromatic carboxylic acids is 1. The summed E-state index contributed by atoms with van der Waals surface area (Å²) in [6.07, 6.45) is 0. The van der Waals surface area contributed by atoms with E-state index >= 15 is 0 Å². The number of carboxylic acids is 1. The molecule has 0 aromatic heterocycles. The predicted molar refractivity (Wildman–Crippen MR) is 122 cm³/mol. The van der Waals surface area contributed by atoms with Crippen LogP contribution in [-0.2, 0) is 5.41 Å². The molecule has 30 heavy (non-hydrogen) atoms. The number of amides is 1. The van der Waals surface area contributed by atoms with Crippen LogP contribution in [0.2, 0.25) is 10.0 Å². The second-order valence-electron chi connectivity index (χ2n) is 7.97. The summed E-state index contributed by atoms with van der Waals surface area (Å²) in [7, 11) is 0. The number of halogens is 2. The highest BCUT2D eigenvalue weighted by Crippen LogP contribution is 2.34. The van der Waals surface area contributed by atoms with Gasteiger partial charge in [-0.25, -0.2) is 4.79 Å². The van der Waals surface area contributed by atoms with E-state index in [1.165, 1.54) is 12.1 Å². The molecule has 3 aromatic carbocycles. The number of anilines is 1. The van der Waals surface area contributed by atoms with Crippen molar-refractivity contribution in [3.63, 3.8) is 0 Å². The molecule has 0 aliphatic rings. The molecule has 0 aliphatic carbocycles. The molecule has 0 fully saturated rings. The average Bonchev–Trinajstić information content (AvgIpc) is 2.68. The van der Waals surface area contributed by atoms with Gasteiger partial charge >= 0.3 is 5.97 Å². The second-order valence-corrected chi connectivity index (χ2v) is 8.81. The molecule has 4 nitrogen and oxygen atoms in total. The van der Waals surface area contributed by atoms with Gasteiger partial charge in [0.2, 0.25) is 0 Å². The van der Waals surface area contributed by atoms with Crippen molar-refractivity contribution in [3.05, 3.63) is 87.4 Å². The minimum atomic E-state index is -1.17. The molecular formula is C24H21Cl2NO3. The van der Waals surface area contributed by atoms with E-state index < -0.39 is 11.9 Å². The van der Waals surface area contributed by atoms with Crippen molar-refractivity contribution in [3.8, 4) is 11.1 Å². The lowest BCUT2D eigenvalue weighted by molar-refractivity contribution is 0.0698. The van der Waals surface area contributed by atoms with Gasteiger partial charge in [0.05, 0.1) is 16.3 Å². The smallest absolute Gasteiger partial charge is 0.337 e. The van der Waals surface area contributed by atoms with Gasteiger partial charge in [0.25, 0.3) is 5.91 Å². The highest BCUT2D eigenvalue weighted by Gasteiger charge is 2.19. The third-order valence-corrected chi connectivity index (χ3v) is 5.32. The fraction of sp³-hybridized carbons (Fsp3) is 0.167. The average molecular weight is 442 g/mol. The van der Waals surface area contributed by atoms with Crippen LogP contribution in [-0.4, -0.2) is 17.0 Å². The van der Waals surface area contributed by atoms with Crippen molar-refractivity contribution < 1.29 is 14.7 Å². The fourth-order valence-electron chi connectivity index (χ4n) is 3.02. The molecule has 0 unspecified atom stereocenters. The van der Waals surface area contributed by atoms with Crippen LogP contribution in [0.4, 0.5) is 5.69 Å². The number of carboxylic acid groups (broad SMARTS) is 1. The number of rotatable bonds is 4. The summed E-state index contributed by atoms with van der Waals surface area (Å²) in [5, 5.41) is 13.2. The van der Waals surface area contributed by atoms with Crippen LogP contribution in [0.25, 0.3) is 11.1 Å². The Morgan fingerprint density at radius 2 is 1.50 bits per heavy atom. The van der Waals surface area contributed by atoms with Crippen molar-refractivity contribution in [1.29, 1.82) is 0 Å². The number of hydrogen-bond donors (Lipinski definition) is 2. The summed E-state index contributed by atoms with van der Waals surface area (Å²) in [6.45, 7) is 6.27. The molecule has 1 amide bonds. The quantitative estimate of drug-likeness (QED) is 0.462. The number of benzene rings is 3. The Balaban J connectivity index is 1.93. The SMILES string of the molecule is CC(C)(C)c1ccc(C(=O)Nc2cc(Cl)c(-c3ccc(Cl)cc3)cc2C(=O)O)cc1. The maximum Gasteiger partial charge on any atom is 0.337 e. The van der Waals surface area contributed by atoms with E-state index in [4.69, 9.17) is 23.2 Å². The first-order chi connectivity index (χ1) is 14.1. The Morgan fingerprint density at radius 1 is 0.900 bits per heavy atom. The first kappa shape index (κ1) is 21.9. The van der Waals surface area contributed by atoms with Crippen molar-refractivity contribution in [1.82, 2.24) is 0 Å². The van der Waals surface area contributed by atoms with Crippen molar-refractivity contribution in [2.75, 3.05) is 5.32 Å². The standard InChI is InChI=1S/C24H21Cl2NO3/c1-24(2,3)16-8-4-15(5-9-16)22(28)27-21-13-20(26)18(12-19(21)23(29)30)14-6-10-17(25)11-7-14/h4-13H,1-3H3,(H,27,28)(H,29,30). The highest BCUT2D eigenvalue weighted by atomic mass is 35.5. The molecule has 154 valence electrons. The van der Waals surface area contributed by atoms with Crippen molar-refractivity contribution in [2.45, 2.75) is 26.2 Å². The van der Waals surface area contributed by atoms with Gasteiger partial charge in [0.1, 0.15) is 0 Å². The highest BCUT2D eigenvalue weighted by molar-refractivity contribution is 6.34. The molecule has 0 saturated heterocycles. The number of nitrogens with one attached hydrogen (secondary N) is 1. The Kier molecular flexibility index (Phi) is 6.20. The van der Waals surface area contributed by atoms with Gasteiger partial charge in [-0.05, 0) is 52.9 Å². The third-order valence-electron chi connectivity index (χ3n) is 4.75. The van der Waals surface area contributed by atoms with E-state index in [0.717, 1.165) is 11.1 Å². The summed E-state index contributed by atoms with van der Waals surface area (Å²) < 4.78 is 0. The zero-order valence-electron chi connectivity index (χ0n) is 16.8. The molecule has 3 rings (SSSR count). The van der Waals surface area contributed by atoms with Crippen LogP contribution in [0.3, 0.4) is 0 Å². The summed E-state index contributed by atoms with van der Waals surface area (Å²) in [4.78, 5) is 24.5. The van der Waals surface area contributed by atoms with Crippen molar-refractivity contribution in [2.24, 2.45) is 0 Å². The summed E-state index contributed by atoms with van der Waals surface area (Å²) in [5.74, 6) is -1.58. The van der Waals surface area contributed by atoms with Gasteiger partial charge in [-0.15, -0.1) is 0 Å². The molecule has 3 aromatic rings. The van der Waals surface area contributed by atoms with E-state index in [9.17, 15) is 14.7 Å². The molecule has 6 heteroatoms. The predicted octanol–water partition coefficient (Wildman–Crippen LogP) is 6.91. The van der Waals surface area contributed by atoms with Crippen molar-refractivity contribution >= 4 is 40.8 Å². The zero-order chi connectivity index (χ0) is 22.1. The molecule has 0 radical (unpaired) electrons. The van der Waals surface area contributed by atoms with Gasteiger partial charge < -0.3 is 10.4 Å². The van der Waals surface area contributed by atoms with Crippen LogP contribution in [0.1, 0.15) is 47.1 Å². The monoisotopic (exact) mass is 441 g/mol. The normalized spacial score (nSPS) is 11.2. The van der Waals surface area contributed by atoms with Gasteiger partial charge in [0, 0.05) is 16.1 Å². The van der Waals surface area contributed by atoms with Crippen LogP contribution in [0.5, 0.6) is 0 Å². The molecular weight excluding hydrogens is 421 g/mol. The summed E-state index contributed by atoms with van der Waals surface area (Å²) in [5.41, 5.74) is 2.84. The van der Waals surface area contributed by atoms with Gasteiger partial charge in [-0.2, -0.15) is 0 Å². The molecule has 0 saturated carbocycles. The Bertz CT molecular complexity index is 1100. The van der Waals surface area contributed by atoms with Crippen LogP contribution in [0, 0.1) is 0 Å². The minimum Gasteiger partial charge on any atom is -0.478 e. The Hall–Kier alpha value is -2.82.